The van der Waals surface area contributed by atoms with Crippen molar-refractivity contribution in [3.05, 3.63) is 59.5 Å². The molecule has 2 heterocycles. The predicted octanol–water partition coefficient (Wildman–Crippen LogP) is 2.24. The van der Waals surface area contributed by atoms with Crippen LogP contribution in [-0.4, -0.2) is 50.6 Å². The largest absolute Gasteiger partial charge is 0.463 e. The third-order valence-electron chi connectivity index (χ3n) is 4.36. The van der Waals surface area contributed by atoms with Crippen molar-refractivity contribution in [3.8, 4) is 0 Å². The van der Waals surface area contributed by atoms with Gasteiger partial charge >= 0.3 is 0 Å². The normalized spacial score (nSPS) is 19.4. The third-order valence-corrected chi connectivity index (χ3v) is 5.62. The Morgan fingerprint density at radius 1 is 1.16 bits per heavy atom. The van der Waals surface area contributed by atoms with Crippen molar-refractivity contribution >= 4 is 10.0 Å². The van der Waals surface area contributed by atoms with E-state index in [0.717, 1.165) is 18.8 Å². The molecule has 25 heavy (non-hydrogen) atoms. The van der Waals surface area contributed by atoms with Crippen LogP contribution in [0, 0.1) is 0 Å². The molecule has 0 saturated carbocycles. The maximum absolute atomic E-state index is 11.5. The first-order valence-electron chi connectivity index (χ1n) is 8.29. The maximum atomic E-state index is 11.5. The fraction of sp³-hybridized carbons (Fsp3) is 0.444. The summed E-state index contributed by atoms with van der Waals surface area (Å²) in [5.74, 6) is 1.49. The molecule has 7 heteroatoms. The smallest absolute Gasteiger partial charge is 0.211 e. The van der Waals surface area contributed by atoms with Crippen LogP contribution in [0.4, 0.5) is 0 Å². The molecule has 6 nitrogen and oxygen atoms in total. The number of sulfonamides is 1. The molecule has 0 bridgehead atoms. The molecule has 1 aromatic carbocycles. The quantitative estimate of drug-likeness (QED) is 0.787. The number of furan rings is 1. The number of rotatable bonds is 6. The molecule has 0 amide bonds. The van der Waals surface area contributed by atoms with E-state index in [9.17, 15) is 8.42 Å². The molecule has 1 saturated heterocycles. The lowest BCUT2D eigenvalue weighted by molar-refractivity contribution is -0.0347. The van der Waals surface area contributed by atoms with Crippen LogP contribution in [0.1, 0.15) is 23.2 Å². The van der Waals surface area contributed by atoms with Crippen molar-refractivity contribution in [3.63, 3.8) is 0 Å². The predicted molar refractivity (Wildman–Crippen MR) is 95.4 cm³/mol. The molecule has 1 aliphatic rings. The second-order valence-corrected chi connectivity index (χ2v) is 8.48. The number of nitrogens with zero attached hydrogens (tertiary/aromatic N) is 2. The van der Waals surface area contributed by atoms with Gasteiger partial charge < -0.3 is 9.15 Å². The lowest BCUT2D eigenvalue weighted by atomic mass is 10.1. The molecule has 1 aliphatic heterocycles. The summed E-state index contributed by atoms with van der Waals surface area (Å²) in [5.41, 5.74) is 1.18. The molecule has 0 N–H and O–H groups in total. The molecular formula is C18H24N2O4S. The van der Waals surface area contributed by atoms with E-state index in [1.807, 2.05) is 30.3 Å². The van der Waals surface area contributed by atoms with Crippen molar-refractivity contribution in [1.29, 1.82) is 0 Å². The standard InChI is InChI=1S/C18H24N2O4S/c1-19(25(2,21)22)12-16-8-9-17(24-16)13-20-10-11-23-18(14-20)15-6-4-3-5-7-15/h3-9,18H,10-14H2,1-2H3. The summed E-state index contributed by atoms with van der Waals surface area (Å²) in [6.45, 7) is 3.28. The average molecular weight is 364 g/mol. The maximum Gasteiger partial charge on any atom is 0.211 e. The van der Waals surface area contributed by atoms with Crippen LogP contribution in [0.5, 0.6) is 0 Å². The summed E-state index contributed by atoms with van der Waals surface area (Å²) in [5, 5.41) is 0. The molecule has 1 atom stereocenters. The van der Waals surface area contributed by atoms with Gasteiger partial charge in [0.2, 0.25) is 10.0 Å². The minimum atomic E-state index is -3.21. The first-order chi connectivity index (χ1) is 11.9. The van der Waals surface area contributed by atoms with Gasteiger partial charge in [-0.2, -0.15) is 4.31 Å². The number of benzene rings is 1. The Kier molecular flexibility index (Phi) is 5.58. The van der Waals surface area contributed by atoms with Gasteiger partial charge in [-0.15, -0.1) is 0 Å². The Morgan fingerprint density at radius 2 is 1.88 bits per heavy atom. The monoisotopic (exact) mass is 364 g/mol. The van der Waals surface area contributed by atoms with E-state index in [4.69, 9.17) is 9.15 Å². The fourth-order valence-electron chi connectivity index (χ4n) is 2.86. The number of hydrogen-bond donors (Lipinski definition) is 0. The van der Waals surface area contributed by atoms with Crippen LogP contribution < -0.4 is 0 Å². The highest BCUT2D eigenvalue weighted by Crippen LogP contribution is 2.23. The van der Waals surface area contributed by atoms with Gasteiger partial charge in [0.15, 0.2) is 0 Å². The molecule has 1 unspecified atom stereocenters. The second kappa shape index (κ2) is 7.70. The van der Waals surface area contributed by atoms with Gasteiger partial charge in [-0.05, 0) is 17.7 Å². The van der Waals surface area contributed by atoms with Crippen molar-refractivity contribution in [2.24, 2.45) is 0 Å². The molecule has 1 aromatic heterocycles. The van der Waals surface area contributed by atoms with E-state index in [2.05, 4.69) is 17.0 Å². The van der Waals surface area contributed by atoms with Gasteiger partial charge in [-0.1, -0.05) is 30.3 Å². The number of ether oxygens (including phenoxy) is 1. The second-order valence-electron chi connectivity index (χ2n) is 6.39. The molecule has 2 aromatic rings. The van der Waals surface area contributed by atoms with Crippen molar-refractivity contribution in [1.82, 2.24) is 9.21 Å². The van der Waals surface area contributed by atoms with Gasteiger partial charge in [-0.25, -0.2) is 8.42 Å². The van der Waals surface area contributed by atoms with Gasteiger partial charge in [0.05, 0.1) is 32.1 Å². The zero-order valence-electron chi connectivity index (χ0n) is 14.6. The van der Waals surface area contributed by atoms with E-state index in [-0.39, 0.29) is 12.6 Å². The van der Waals surface area contributed by atoms with E-state index >= 15 is 0 Å². The van der Waals surface area contributed by atoms with Crippen LogP contribution in [0.3, 0.4) is 0 Å². The summed E-state index contributed by atoms with van der Waals surface area (Å²) in [4.78, 5) is 2.30. The Morgan fingerprint density at radius 3 is 2.60 bits per heavy atom. The Balaban J connectivity index is 1.59. The first kappa shape index (κ1) is 18.1. The average Bonchev–Trinajstić information content (AvgIpc) is 3.02. The molecule has 0 radical (unpaired) electrons. The summed E-state index contributed by atoms with van der Waals surface area (Å²) in [6, 6.07) is 14.0. The summed E-state index contributed by atoms with van der Waals surface area (Å²) >= 11 is 0. The highest BCUT2D eigenvalue weighted by molar-refractivity contribution is 7.88. The van der Waals surface area contributed by atoms with Crippen molar-refractivity contribution in [2.75, 3.05) is 33.0 Å². The van der Waals surface area contributed by atoms with Gasteiger partial charge in [0, 0.05) is 20.1 Å². The zero-order valence-corrected chi connectivity index (χ0v) is 15.4. The SMILES string of the molecule is CN(Cc1ccc(CN2CCOC(c3ccccc3)C2)o1)S(C)(=O)=O. The molecular weight excluding hydrogens is 340 g/mol. The lowest BCUT2D eigenvalue weighted by Crippen LogP contribution is -2.37. The van der Waals surface area contributed by atoms with Gasteiger partial charge in [0.25, 0.3) is 0 Å². The molecule has 3 rings (SSSR count). The van der Waals surface area contributed by atoms with Crippen LogP contribution in [0.25, 0.3) is 0 Å². The lowest BCUT2D eigenvalue weighted by Gasteiger charge is -2.32. The Labute approximate surface area is 149 Å². The highest BCUT2D eigenvalue weighted by atomic mass is 32.2. The first-order valence-corrected chi connectivity index (χ1v) is 10.1. The Hall–Kier alpha value is -1.67. The van der Waals surface area contributed by atoms with Crippen LogP contribution in [0.15, 0.2) is 46.9 Å². The molecule has 136 valence electrons. The minimum Gasteiger partial charge on any atom is -0.463 e. The van der Waals surface area contributed by atoms with Crippen molar-refractivity contribution in [2.45, 2.75) is 19.2 Å². The van der Waals surface area contributed by atoms with Crippen LogP contribution in [0.2, 0.25) is 0 Å². The molecule has 1 fully saturated rings. The zero-order chi connectivity index (χ0) is 17.9. The van der Waals surface area contributed by atoms with Crippen LogP contribution in [-0.2, 0) is 27.8 Å². The number of hydrogen-bond acceptors (Lipinski definition) is 5. The molecule has 0 aliphatic carbocycles. The van der Waals surface area contributed by atoms with E-state index in [0.29, 0.717) is 18.9 Å². The minimum absolute atomic E-state index is 0.0701. The molecule has 0 spiro atoms. The van der Waals surface area contributed by atoms with Crippen molar-refractivity contribution < 1.29 is 17.6 Å². The summed E-state index contributed by atoms with van der Waals surface area (Å²) in [7, 11) is -1.66. The Bertz CT molecular complexity index is 788. The number of morpholine rings is 1. The van der Waals surface area contributed by atoms with E-state index < -0.39 is 10.0 Å². The topological polar surface area (TPSA) is 63.0 Å². The highest BCUT2D eigenvalue weighted by Gasteiger charge is 2.23. The van der Waals surface area contributed by atoms with E-state index in [1.54, 1.807) is 7.05 Å². The van der Waals surface area contributed by atoms with Gasteiger partial charge in [0.1, 0.15) is 11.5 Å². The van der Waals surface area contributed by atoms with Crippen LogP contribution >= 0.6 is 0 Å². The summed E-state index contributed by atoms with van der Waals surface area (Å²) in [6.07, 6.45) is 1.26. The summed E-state index contributed by atoms with van der Waals surface area (Å²) < 4.78 is 35.9. The third kappa shape index (κ3) is 4.92. The van der Waals surface area contributed by atoms with E-state index in [1.165, 1.54) is 16.1 Å². The van der Waals surface area contributed by atoms with Gasteiger partial charge in [-0.3, -0.25) is 4.90 Å². The fourth-order valence-corrected chi connectivity index (χ4v) is 3.23.